The van der Waals surface area contributed by atoms with Gasteiger partial charge < -0.3 is 10.3 Å². The van der Waals surface area contributed by atoms with Gasteiger partial charge in [-0.1, -0.05) is 31.7 Å². The molecule has 3 amide bonds. The smallest absolute Gasteiger partial charge is 0.318 e. The van der Waals surface area contributed by atoms with E-state index < -0.39 is 17.2 Å². The van der Waals surface area contributed by atoms with Crippen LogP contribution in [0.4, 0.5) is 4.79 Å². The standard InChI is InChI=1S/C14H19N5O2S2/c1-4-19-11(9-6-5-7-22-9)17-18-14(19)23-10(8(2)3)12(20)16-13(15)21/h5-8,10H,4H2,1-3H3,(H3,15,16,20,21). The maximum absolute atomic E-state index is 12.1. The van der Waals surface area contributed by atoms with E-state index in [0.717, 1.165) is 10.7 Å². The average Bonchev–Trinajstić information content (AvgIpc) is 3.11. The van der Waals surface area contributed by atoms with Crippen LogP contribution in [0.5, 0.6) is 0 Å². The van der Waals surface area contributed by atoms with E-state index in [1.807, 2.05) is 42.9 Å². The Morgan fingerprint density at radius 3 is 2.70 bits per heavy atom. The molecule has 1 atom stereocenters. The van der Waals surface area contributed by atoms with E-state index in [9.17, 15) is 9.59 Å². The second-order valence-electron chi connectivity index (χ2n) is 5.16. The normalized spacial score (nSPS) is 12.3. The van der Waals surface area contributed by atoms with Crippen LogP contribution in [0.3, 0.4) is 0 Å². The molecule has 0 aliphatic heterocycles. The van der Waals surface area contributed by atoms with Gasteiger partial charge in [-0.15, -0.1) is 21.5 Å². The lowest BCUT2D eigenvalue weighted by Gasteiger charge is -2.18. The van der Waals surface area contributed by atoms with E-state index >= 15 is 0 Å². The zero-order valence-corrected chi connectivity index (χ0v) is 14.8. The van der Waals surface area contributed by atoms with Gasteiger partial charge in [0.05, 0.1) is 10.1 Å². The van der Waals surface area contributed by atoms with Crippen LogP contribution in [0, 0.1) is 5.92 Å². The van der Waals surface area contributed by atoms with Crippen molar-refractivity contribution in [3.63, 3.8) is 0 Å². The highest BCUT2D eigenvalue weighted by Crippen LogP contribution is 2.31. The van der Waals surface area contributed by atoms with Gasteiger partial charge in [-0.3, -0.25) is 10.1 Å². The van der Waals surface area contributed by atoms with Crippen LogP contribution in [0.25, 0.3) is 10.7 Å². The Morgan fingerprint density at radius 2 is 2.17 bits per heavy atom. The first-order valence-electron chi connectivity index (χ1n) is 7.18. The van der Waals surface area contributed by atoms with E-state index in [0.29, 0.717) is 11.7 Å². The van der Waals surface area contributed by atoms with Crippen molar-refractivity contribution in [2.75, 3.05) is 0 Å². The van der Waals surface area contributed by atoms with Gasteiger partial charge in [-0.05, 0) is 24.3 Å². The summed E-state index contributed by atoms with van der Waals surface area (Å²) in [4.78, 5) is 24.1. The van der Waals surface area contributed by atoms with Crippen molar-refractivity contribution < 1.29 is 9.59 Å². The summed E-state index contributed by atoms with van der Waals surface area (Å²) in [7, 11) is 0. The van der Waals surface area contributed by atoms with E-state index in [2.05, 4.69) is 15.5 Å². The number of nitrogens with one attached hydrogen (secondary N) is 1. The average molecular weight is 353 g/mol. The zero-order chi connectivity index (χ0) is 17.0. The lowest BCUT2D eigenvalue weighted by Crippen LogP contribution is -2.42. The first-order valence-corrected chi connectivity index (χ1v) is 8.94. The van der Waals surface area contributed by atoms with Crippen molar-refractivity contribution in [3.05, 3.63) is 17.5 Å². The third-order valence-electron chi connectivity index (χ3n) is 3.12. The van der Waals surface area contributed by atoms with Crippen molar-refractivity contribution in [2.24, 2.45) is 11.7 Å². The molecule has 3 N–H and O–H groups in total. The van der Waals surface area contributed by atoms with Crippen LogP contribution in [0.2, 0.25) is 0 Å². The van der Waals surface area contributed by atoms with Gasteiger partial charge in [-0.2, -0.15) is 0 Å². The number of primary amides is 1. The highest BCUT2D eigenvalue weighted by molar-refractivity contribution is 8.00. The third-order valence-corrected chi connectivity index (χ3v) is 5.51. The fourth-order valence-corrected chi connectivity index (χ4v) is 3.86. The van der Waals surface area contributed by atoms with Gasteiger partial charge in [0.2, 0.25) is 5.91 Å². The minimum Gasteiger partial charge on any atom is -0.351 e. The summed E-state index contributed by atoms with van der Waals surface area (Å²) in [6.07, 6.45) is 0. The molecular weight excluding hydrogens is 334 g/mol. The van der Waals surface area contributed by atoms with Crippen molar-refractivity contribution in [1.29, 1.82) is 0 Å². The molecule has 0 fully saturated rings. The molecule has 0 saturated carbocycles. The molecule has 9 heteroatoms. The Morgan fingerprint density at radius 1 is 1.43 bits per heavy atom. The summed E-state index contributed by atoms with van der Waals surface area (Å²) in [6, 6.07) is 3.09. The molecule has 0 aliphatic carbocycles. The molecule has 0 spiro atoms. The summed E-state index contributed by atoms with van der Waals surface area (Å²) in [6.45, 7) is 6.50. The topological polar surface area (TPSA) is 103 Å². The summed E-state index contributed by atoms with van der Waals surface area (Å²) >= 11 is 2.88. The van der Waals surface area contributed by atoms with Gasteiger partial charge in [-0.25, -0.2) is 4.79 Å². The van der Waals surface area contributed by atoms with Gasteiger partial charge in [0.15, 0.2) is 11.0 Å². The van der Waals surface area contributed by atoms with Crippen LogP contribution in [-0.4, -0.2) is 32.0 Å². The summed E-state index contributed by atoms with van der Waals surface area (Å²) in [5, 5.41) is 12.7. The molecule has 0 aliphatic rings. The molecule has 124 valence electrons. The lowest BCUT2D eigenvalue weighted by atomic mass is 10.1. The Kier molecular flexibility index (Phi) is 5.78. The van der Waals surface area contributed by atoms with E-state index in [4.69, 9.17) is 5.73 Å². The summed E-state index contributed by atoms with van der Waals surface area (Å²) < 4.78 is 1.96. The van der Waals surface area contributed by atoms with E-state index in [1.54, 1.807) is 11.3 Å². The van der Waals surface area contributed by atoms with Crippen molar-refractivity contribution in [1.82, 2.24) is 20.1 Å². The van der Waals surface area contributed by atoms with Crippen molar-refractivity contribution >= 4 is 35.0 Å². The lowest BCUT2D eigenvalue weighted by molar-refractivity contribution is -0.120. The first kappa shape index (κ1) is 17.5. The van der Waals surface area contributed by atoms with Gasteiger partial charge in [0.25, 0.3) is 0 Å². The van der Waals surface area contributed by atoms with Crippen molar-refractivity contribution in [3.8, 4) is 10.7 Å². The Labute approximate surface area is 142 Å². The molecule has 2 heterocycles. The predicted molar refractivity (Wildman–Crippen MR) is 91.2 cm³/mol. The largest absolute Gasteiger partial charge is 0.351 e. The Hall–Kier alpha value is -1.87. The zero-order valence-electron chi connectivity index (χ0n) is 13.1. The maximum Gasteiger partial charge on any atom is 0.318 e. The first-order chi connectivity index (χ1) is 10.9. The number of nitrogens with two attached hydrogens (primary N) is 1. The van der Waals surface area contributed by atoms with Crippen LogP contribution in [0.1, 0.15) is 20.8 Å². The fraction of sp³-hybridized carbons (Fsp3) is 0.429. The Bertz CT molecular complexity index is 681. The maximum atomic E-state index is 12.1. The molecule has 0 radical (unpaired) electrons. The van der Waals surface area contributed by atoms with Crippen LogP contribution >= 0.6 is 23.1 Å². The fourth-order valence-electron chi connectivity index (χ4n) is 2.05. The monoisotopic (exact) mass is 353 g/mol. The number of hydrogen-bond acceptors (Lipinski definition) is 6. The molecule has 2 rings (SSSR count). The van der Waals surface area contributed by atoms with Crippen LogP contribution in [-0.2, 0) is 11.3 Å². The number of imide groups is 1. The van der Waals surface area contributed by atoms with Crippen LogP contribution < -0.4 is 11.1 Å². The molecule has 7 nitrogen and oxygen atoms in total. The predicted octanol–water partition coefficient (Wildman–Crippen LogP) is 2.34. The van der Waals surface area contributed by atoms with Gasteiger partial charge >= 0.3 is 6.03 Å². The quantitative estimate of drug-likeness (QED) is 0.776. The summed E-state index contributed by atoms with van der Waals surface area (Å²) in [5.41, 5.74) is 5.04. The number of amides is 3. The molecular formula is C14H19N5O2S2. The van der Waals surface area contributed by atoms with E-state index in [-0.39, 0.29) is 5.92 Å². The SMILES string of the molecule is CCn1c(SC(C(=O)NC(N)=O)C(C)C)nnc1-c1cccs1. The number of hydrogen-bond donors (Lipinski definition) is 2. The molecule has 0 aromatic carbocycles. The Balaban J connectivity index is 2.27. The molecule has 0 saturated heterocycles. The van der Waals surface area contributed by atoms with Gasteiger partial charge in [0.1, 0.15) is 0 Å². The highest BCUT2D eigenvalue weighted by Gasteiger charge is 2.27. The number of carbonyl (C=O) groups is 2. The number of nitrogens with zero attached hydrogens (tertiary/aromatic N) is 3. The molecule has 23 heavy (non-hydrogen) atoms. The number of carbonyl (C=O) groups excluding carboxylic acids is 2. The number of rotatable bonds is 6. The molecule has 1 unspecified atom stereocenters. The minimum atomic E-state index is -0.850. The van der Waals surface area contributed by atoms with Gasteiger partial charge in [0, 0.05) is 6.54 Å². The van der Waals surface area contributed by atoms with E-state index in [1.165, 1.54) is 11.8 Å². The van der Waals surface area contributed by atoms with Crippen LogP contribution in [0.15, 0.2) is 22.7 Å². The second-order valence-corrected chi connectivity index (χ2v) is 7.22. The molecule has 2 aromatic rings. The molecule has 2 aromatic heterocycles. The summed E-state index contributed by atoms with van der Waals surface area (Å²) in [5.74, 6) is 0.371. The number of aromatic nitrogens is 3. The number of thiophene rings is 1. The second kappa shape index (κ2) is 7.60. The third kappa shape index (κ3) is 4.11. The minimum absolute atomic E-state index is 0.00606. The van der Waals surface area contributed by atoms with Crippen molar-refractivity contribution in [2.45, 2.75) is 37.7 Å². The highest BCUT2D eigenvalue weighted by atomic mass is 32.2. The number of thioether (sulfide) groups is 1. The number of urea groups is 1. The molecule has 0 bridgehead atoms.